The number of amides is 2. The number of benzene rings is 2. The first kappa shape index (κ1) is 19.2. The second kappa shape index (κ2) is 8.16. The number of anilines is 1. The summed E-state index contributed by atoms with van der Waals surface area (Å²) >= 11 is 1.74. The normalized spacial score (nSPS) is 17.8. The average molecular weight is 421 g/mol. The van der Waals surface area contributed by atoms with Crippen LogP contribution in [0.5, 0.6) is 0 Å². The van der Waals surface area contributed by atoms with Crippen molar-refractivity contribution in [3.63, 3.8) is 0 Å². The Balaban J connectivity index is 1.21. The van der Waals surface area contributed by atoms with Gasteiger partial charge >= 0.3 is 0 Å². The van der Waals surface area contributed by atoms with Crippen LogP contribution in [-0.4, -0.2) is 59.3 Å². The quantitative estimate of drug-likeness (QED) is 0.649. The summed E-state index contributed by atoms with van der Waals surface area (Å²) in [5.74, 6) is 0.186. The first-order valence-electron chi connectivity index (χ1n) is 10.4. The van der Waals surface area contributed by atoms with Crippen molar-refractivity contribution in [1.82, 2.24) is 14.8 Å². The SMILES string of the molecule is O=C(c1cccc(N2CCCC2=O)c1)N1CCN(Cc2nc3ccccc3s2)CC1. The van der Waals surface area contributed by atoms with Crippen LogP contribution in [0.25, 0.3) is 10.2 Å². The molecule has 5 rings (SSSR count). The van der Waals surface area contributed by atoms with E-state index in [1.807, 2.05) is 41.3 Å². The molecule has 0 spiro atoms. The van der Waals surface area contributed by atoms with Crippen molar-refractivity contribution >= 4 is 39.1 Å². The monoisotopic (exact) mass is 420 g/mol. The minimum atomic E-state index is 0.0446. The summed E-state index contributed by atoms with van der Waals surface area (Å²) in [6.45, 7) is 4.65. The number of hydrogen-bond acceptors (Lipinski definition) is 5. The van der Waals surface area contributed by atoms with Gasteiger partial charge in [-0.3, -0.25) is 14.5 Å². The van der Waals surface area contributed by atoms with E-state index in [-0.39, 0.29) is 11.8 Å². The molecule has 1 aromatic heterocycles. The largest absolute Gasteiger partial charge is 0.336 e. The highest BCUT2D eigenvalue weighted by molar-refractivity contribution is 7.18. The Morgan fingerprint density at radius 2 is 1.83 bits per heavy atom. The lowest BCUT2D eigenvalue weighted by Gasteiger charge is -2.34. The molecule has 0 bridgehead atoms. The van der Waals surface area contributed by atoms with E-state index in [1.54, 1.807) is 16.2 Å². The molecule has 7 heteroatoms. The van der Waals surface area contributed by atoms with Gasteiger partial charge in [0.2, 0.25) is 5.91 Å². The summed E-state index contributed by atoms with van der Waals surface area (Å²) in [7, 11) is 0. The van der Waals surface area contributed by atoms with Gasteiger partial charge in [-0.25, -0.2) is 4.98 Å². The Hall–Kier alpha value is -2.77. The van der Waals surface area contributed by atoms with Crippen molar-refractivity contribution in [2.24, 2.45) is 0 Å². The molecule has 0 saturated carbocycles. The molecule has 2 saturated heterocycles. The van der Waals surface area contributed by atoms with Gasteiger partial charge in [0.05, 0.1) is 16.8 Å². The van der Waals surface area contributed by atoms with Gasteiger partial charge in [-0.2, -0.15) is 0 Å². The van der Waals surface area contributed by atoms with Gasteiger partial charge in [-0.15, -0.1) is 11.3 Å². The number of piperazine rings is 1. The van der Waals surface area contributed by atoms with Crippen molar-refractivity contribution < 1.29 is 9.59 Å². The number of para-hydroxylation sites is 1. The Kier molecular flexibility index (Phi) is 5.23. The molecule has 2 fully saturated rings. The minimum Gasteiger partial charge on any atom is -0.336 e. The Morgan fingerprint density at radius 1 is 1.00 bits per heavy atom. The van der Waals surface area contributed by atoms with Crippen molar-refractivity contribution in [3.05, 3.63) is 59.1 Å². The maximum absolute atomic E-state index is 13.0. The van der Waals surface area contributed by atoms with E-state index in [0.29, 0.717) is 25.1 Å². The molecule has 0 atom stereocenters. The molecule has 0 aliphatic carbocycles. The number of nitrogens with zero attached hydrogens (tertiary/aromatic N) is 4. The predicted octanol–water partition coefficient (Wildman–Crippen LogP) is 3.38. The smallest absolute Gasteiger partial charge is 0.254 e. The van der Waals surface area contributed by atoms with Gasteiger partial charge < -0.3 is 9.80 Å². The van der Waals surface area contributed by atoms with E-state index in [4.69, 9.17) is 4.98 Å². The molecular weight excluding hydrogens is 396 g/mol. The molecule has 0 N–H and O–H groups in total. The molecule has 3 heterocycles. The van der Waals surface area contributed by atoms with E-state index in [1.165, 1.54) is 4.70 Å². The first-order chi connectivity index (χ1) is 14.7. The van der Waals surface area contributed by atoms with Crippen molar-refractivity contribution in [2.75, 3.05) is 37.6 Å². The lowest BCUT2D eigenvalue weighted by molar-refractivity contribution is -0.117. The number of thiazole rings is 1. The molecule has 3 aromatic rings. The standard InChI is InChI=1S/C23H24N4O2S/c28-22-9-4-10-27(22)18-6-3-5-17(15-18)23(29)26-13-11-25(12-14-26)16-21-24-19-7-1-2-8-20(19)30-21/h1-3,5-8,15H,4,9-14,16H2. The maximum atomic E-state index is 13.0. The van der Waals surface area contributed by atoms with E-state index < -0.39 is 0 Å². The molecule has 2 aliphatic heterocycles. The highest BCUT2D eigenvalue weighted by Crippen LogP contribution is 2.25. The molecule has 0 radical (unpaired) electrons. The highest BCUT2D eigenvalue weighted by Gasteiger charge is 2.25. The van der Waals surface area contributed by atoms with Crippen LogP contribution in [0.15, 0.2) is 48.5 Å². The van der Waals surface area contributed by atoms with Crippen LogP contribution in [0.2, 0.25) is 0 Å². The lowest BCUT2D eigenvalue weighted by atomic mass is 10.1. The van der Waals surface area contributed by atoms with Crippen LogP contribution in [0.4, 0.5) is 5.69 Å². The molecule has 6 nitrogen and oxygen atoms in total. The molecule has 0 unspecified atom stereocenters. The van der Waals surface area contributed by atoms with Crippen LogP contribution in [0.1, 0.15) is 28.2 Å². The van der Waals surface area contributed by atoms with Gasteiger partial charge in [-0.05, 0) is 36.8 Å². The van der Waals surface area contributed by atoms with Crippen LogP contribution in [0.3, 0.4) is 0 Å². The summed E-state index contributed by atoms with van der Waals surface area (Å²) in [4.78, 5) is 35.8. The van der Waals surface area contributed by atoms with Gasteiger partial charge in [0.15, 0.2) is 0 Å². The minimum absolute atomic E-state index is 0.0446. The molecule has 154 valence electrons. The van der Waals surface area contributed by atoms with Crippen LogP contribution >= 0.6 is 11.3 Å². The van der Waals surface area contributed by atoms with E-state index in [2.05, 4.69) is 17.0 Å². The first-order valence-corrected chi connectivity index (χ1v) is 11.3. The predicted molar refractivity (Wildman–Crippen MR) is 119 cm³/mol. The summed E-state index contributed by atoms with van der Waals surface area (Å²) < 4.78 is 1.22. The number of rotatable bonds is 4. The number of carbonyl (C=O) groups excluding carboxylic acids is 2. The van der Waals surface area contributed by atoms with Crippen molar-refractivity contribution in [2.45, 2.75) is 19.4 Å². The van der Waals surface area contributed by atoms with Gasteiger partial charge in [-0.1, -0.05) is 18.2 Å². The summed E-state index contributed by atoms with van der Waals surface area (Å²) in [5, 5.41) is 1.12. The van der Waals surface area contributed by atoms with Crippen molar-refractivity contribution in [3.8, 4) is 0 Å². The van der Waals surface area contributed by atoms with Crippen LogP contribution in [-0.2, 0) is 11.3 Å². The van der Waals surface area contributed by atoms with Gasteiger partial charge in [0.1, 0.15) is 5.01 Å². The van der Waals surface area contributed by atoms with Gasteiger partial charge in [0, 0.05) is 50.4 Å². The van der Waals surface area contributed by atoms with Crippen molar-refractivity contribution in [1.29, 1.82) is 0 Å². The zero-order chi connectivity index (χ0) is 20.5. The van der Waals surface area contributed by atoms with E-state index in [0.717, 1.165) is 48.8 Å². The summed E-state index contributed by atoms with van der Waals surface area (Å²) in [6.07, 6.45) is 1.47. The highest BCUT2D eigenvalue weighted by atomic mass is 32.1. The third-order valence-electron chi connectivity index (χ3n) is 5.83. The second-order valence-electron chi connectivity index (χ2n) is 7.84. The third kappa shape index (κ3) is 3.82. The molecule has 2 amide bonds. The summed E-state index contributed by atoms with van der Waals surface area (Å²) in [5.41, 5.74) is 2.55. The zero-order valence-electron chi connectivity index (χ0n) is 16.8. The molecule has 2 aliphatic rings. The zero-order valence-corrected chi connectivity index (χ0v) is 17.6. The third-order valence-corrected chi connectivity index (χ3v) is 6.86. The fourth-order valence-electron chi connectivity index (χ4n) is 4.20. The van der Waals surface area contributed by atoms with Crippen LogP contribution < -0.4 is 4.90 Å². The number of hydrogen-bond donors (Lipinski definition) is 0. The average Bonchev–Trinajstić information content (AvgIpc) is 3.39. The topological polar surface area (TPSA) is 56.8 Å². The summed E-state index contributed by atoms with van der Waals surface area (Å²) in [6, 6.07) is 15.7. The fourth-order valence-corrected chi connectivity index (χ4v) is 5.21. The molecule has 30 heavy (non-hydrogen) atoms. The number of carbonyl (C=O) groups is 2. The maximum Gasteiger partial charge on any atom is 0.254 e. The molecular formula is C23H24N4O2S. The molecule has 2 aromatic carbocycles. The Morgan fingerprint density at radius 3 is 2.60 bits per heavy atom. The van der Waals surface area contributed by atoms with E-state index >= 15 is 0 Å². The fraction of sp³-hybridized carbons (Fsp3) is 0.348. The van der Waals surface area contributed by atoms with Gasteiger partial charge in [0.25, 0.3) is 5.91 Å². The lowest BCUT2D eigenvalue weighted by Crippen LogP contribution is -2.48. The number of fused-ring (bicyclic) bond motifs is 1. The second-order valence-corrected chi connectivity index (χ2v) is 8.96. The number of aromatic nitrogens is 1. The Labute approximate surface area is 179 Å². The Bertz CT molecular complexity index is 1050. The van der Waals surface area contributed by atoms with E-state index in [9.17, 15) is 9.59 Å². The van der Waals surface area contributed by atoms with Crippen LogP contribution in [0, 0.1) is 0 Å².